The van der Waals surface area contributed by atoms with Crippen LogP contribution in [0.4, 0.5) is 10.1 Å². The second kappa shape index (κ2) is 9.07. The summed E-state index contributed by atoms with van der Waals surface area (Å²) < 4.78 is 25.5. The monoisotopic (exact) mass is 452 g/mol. The number of halogens is 2. The van der Waals surface area contributed by atoms with E-state index < -0.39 is 5.91 Å². The Kier molecular flexibility index (Phi) is 6.04. The van der Waals surface area contributed by atoms with Gasteiger partial charge in [0.2, 0.25) is 0 Å². The number of aromatic nitrogens is 3. The summed E-state index contributed by atoms with van der Waals surface area (Å²) in [6.45, 7) is 0. The zero-order chi connectivity index (χ0) is 22.7. The van der Waals surface area contributed by atoms with Gasteiger partial charge in [-0.1, -0.05) is 11.6 Å². The van der Waals surface area contributed by atoms with Gasteiger partial charge in [-0.05, 0) is 48.5 Å². The standard InChI is InChI=1S/C23H18ClFN4O3/c1-31-21-12-22(32-2)18(10-17(21)24)27-23(30)19-11-20(14-4-3-9-26-13-14)29(28-19)16-7-5-15(25)6-8-16/h3-13H,1-2H3,(H,27,30). The van der Waals surface area contributed by atoms with Crippen molar-refractivity contribution in [2.45, 2.75) is 0 Å². The van der Waals surface area contributed by atoms with E-state index in [4.69, 9.17) is 21.1 Å². The number of nitrogens with one attached hydrogen (secondary N) is 1. The summed E-state index contributed by atoms with van der Waals surface area (Å²) >= 11 is 6.20. The van der Waals surface area contributed by atoms with E-state index in [1.807, 2.05) is 6.07 Å². The molecule has 7 nitrogen and oxygen atoms in total. The van der Waals surface area contributed by atoms with E-state index in [2.05, 4.69) is 15.4 Å². The van der Waals surface area contributed by atoms with Gasteiger partial charge in [0.25, 0.3) is 5.91 Å². The van der Waals surface area contributed by atoms with Gasteiger partial charge in [0, 0.05) is 24.0 Å². The van der Waals surface area contributed by atoms with Gasteiger partial charge < -0.3 is 14.8 Å². The number of nitrogens with zero attached hydrogens (tertiary/aromatic N) is 3. The highest BCUT2D eigenvalue weighted by molar-refractivity contribution is 6.32. The topological polar surface area (TPSA) is 78.3 Å². The van der Waals surface area contributed by atoms with Crippen molar-refractivity contribution < 1.29 is 18.7 Å². The van der Waals surface area contributed by atoms with Crippen LogP contribution in [0.5, 0.6) is 11.5 Å². The van der Waals surface area contributed by atoms with Gasteiger partial charge in [0.1, 0.15) is 17.3 Å². The maximum absolute atomic E-state index is 13.4. The number of hydrogen-bond acceptors (Lipinski definition) is 5. The number of benzene rings is 2. The molecule has 0 unspecified atom stereocenters. The molecule has 0 bridgehead atoms. The molecule has 2 heterocycles. The minimum absolute atomic E-state index is 0.141. The largest absolute Gasteiger partial charge is 0.495 e. The minimum Gasteiger partial charge on any atom is -0.495 e. The molecule has 0 saturated carbocycles. The number of methoxy groups -OCH3 is 2. The Balaban J connectivity index is 1.74. The second-order valence-electron chi connectivity index (χ2n) is 6.69. The summed E-state index contributed by atoms with van der Waals surface area (Å²) in [4.78, 5) is 17.2. The molecule has 0 aliphatic carbocycles. The van der Waals surface area contributed by atoms with Crippen molar-refractivity contribution in [3.8, 4) is 28.4 Å². The maximum Gasteiger partial charge on any atom is 0.276 e. The number of carbonyl (C=O) groups excluding carboxylic acids is 1. The fourth-order valence-corrected chi connectivity index (χ4v) is 3.38. The first-order valence-electron chi connectivity index (χ1n) is 9.49. The number of ether oxygens (including phenoxy) is 2. The lowest BCUT2D eigenvalue weighted by atomic mass is 10.2. The zero-order valence-corrected chi connectivity index (χ0v) is 17.9. The summed E-state index contributed by atoms with van der Waals surface area (Å²) in [6.07, 6.45) is 3.31. The molecule has 0 spiro atoms. The highest BCUT2D eigenvalue weighted by Gasteiger charge is 2.19. The van der Waals surface area contributed by atoms with Crippen LogP contribution in [-0.4, -0.2) is 34.9 Å². The van der Waals surface area contributed by atoms with E-state index in [1.165, 1.54) is 32.4 Å². The van der Waals surface area contributed by atoms with Crippen LogP contribution >= 0.6 is 11.6 Å². The SMILES string of the molecule is COc1cc(OC)c(NC(=O)c2cc(-c3cccnc3)n(-c3ccc(F)cc3)n2)cc1Cl. The van der Waals surface area contributed by atoms with Crippen LogP contribution in [0, 0.1) is 5.82 Å². The van der Waals surface area contributed by atoms with Crippen LogP contribution in [-0.2, 0) is 0 Å². The van der Waals surface area contributed by atoms with Crippen molar-refractivity contribution in [2.75, 3.05) is 19.5 Å². The van der Waals surface area contributed by atoms with Crippen molar-refractivity contribution in [1.82, 2.24) is 14.8 Å². The first-order chi connectivity index (χ1) is 15.5. The Morgan fingerprint density at radius 1 is 1.06 bits per heavy atom. The van der Waals surface area contributed by atoms with Crippen molar-refractivity contribution in [3.63, 3.8) is 0 Å². The molecule has 162 valence electrons. The molecule has 0 aliphatic heterocycles. The number of hydrogen-bond donors (Lipinski definition) is 1. The molecule has 0 fully saturated rings. The molecule has 9 heteroatoms. The molecule has 1 N–H and O–H groups in total. The van der Waals surface area contributed by atoms with E-state index in [0.717, 1.165) is 5.56 Å². The van der Waals surface area contributed by atoms with E-state index in [0.29, 0.717) is 33.6 Å². The van der Waals surface area contributed by atoms with Gasteiger partial charge in [-0.3, -0.25) is 9.78 Å². The molecule has 0 aliphatic rings. The van der Waals surface area contributed by atoms with E-state index >= 15 is 0 Å². The fourth-order valence-electron chi connectivity index (χ4n) is 3.14. The molecule has 32 heavy (non-hydrogen) atoms. The number of rotatable bonds is 6. The summed E-state index contributed by atoms with van der Waals surface area (Å²) in [5, 5.41) is 7.53. The van der Waals surface area contributed by atoms with E-state index in [-0.39, 0.29) is 11.5 Å². The van der Waals surface area contributed by atoms with Crippen LogP contribution in [0.1, 0.15) is 10.5 Å². The normalized spacial score (nSPS) is 10.6. The third kappa shape index (κ3) is 4.26. The van der Waals surface area contributed by atoms with Crippen molar-refractivity contribution in [1.29, 1.82) is 0 Å². The molecule has 4 rings (SSSR count). The van der Waals surface area contributed by atoms with Gasteiger partial charge in [-0.2, -0.15) is 5.10 Å². The first kappa shape index (κ1) is 21.3. The van der Waals surface area contributed by atoms with Gasteiger partial charge >= 0.3 is 0 Å². The van der Waals surface area contributed by atoms with Gasteiger partial charge in [-0.15, -0.1) is 0 Å². The Bertz CT molecular complexity index is 1260. The quantitative estimate of drug-likeness (QED) is 0.445. The number of anilines is 1. The zero-order valence-electron chi connectivity index (χ0n) is 17.2. The van der Waals surface area contributed by atoms with Gasteiger partial charge in [0.05, 0.1) is 36.3 Å². The average molecular weight is 453 g/mol. The molecule has 0 atom stereocenters. The summed E-state index contributed by atoms with van der Waals surface area (Å²) in [7, 11) is 2.96. The van der Waals surface area contributed by atoms with Crippen LogP contribution in [0.3, 0.4) is 0 Å². The lowest BCUT2D eigenvalue weighted by molar-refractivity contribution is 0.102. The molecule has 2 aromatic heterocycles. The first-order valence-corrected chi connectivity index (χ1v) is 9.87. The summed E-state index contributed by atoms with van der Waals surface area (Å²) in [5.74, 6) is -0.0492. The van der Waals surface area contributed by atoms with Gasteiger partial charge in [0.15, 0.2) is 5.69 Å². The van der Waals surface area contributed by atoms with Crippen LogP contribution in [0.15, 0.2) is 67.0 Å². The molecular formula is C23H18ClFN4O3. The predicted molar refractivity (Wildman–Crippen MR) is 119 cm³/mol. The molecule has 1 amide bonds. The maximum atomic E-state index is 13.4. The van der Waals surface area contributed by atoms with E-state index in [9.17, 15) is 9.18 Å². The van der Waals surface area contributed by atoms with E-state index in [1.54, 1.807) is 47.4 Å². The summed E-state index contributed by atoms with van der Waals surface area (Å²) in [6, 6.07) is 14.2. The number of amides is 1. The van der Waals surface area contributed by atoms with Gasteiger partial charge in [-0.25, -0.2) is 9.07 Å². The summed E-state index contributed by atoms with van der Waals surface area (Å²) in [5.41, 5.74) is 2.46. The third-order valence-corrected chi connectivity index (χ3v) is 4.99. The van der Waals surface area contributed by atoms with Crippen molar-refractivity contribution >= 4 is 23.2 Å². The van der Waals surface area contributed by atoms with Crippen LogP contribution in [0.2, 0.25) is 5.02 Å². The molecule has 0 saturated heterocycles. The fraction of sp³-hybridized carbons (Fsp3) is 0.0870. The molecule has 0 radical (unpaired) electrons. The predicted octanol–water partition coefficient (Wildman–Crippen LogP) is 5.00. The molecule has 2 aromatic carbocycles. The Hall–Kier alpha value is -3.91. The highest BCUT2D eigenvalue weighted by atomic mass is 35.5. The highest BCUT2D eigenvalue weighted by Crippen LogP contribution is 2.36. The van der Waals surface area contributed by atoms with Crippen LogP contribution < -0.4 is 14.8 Å². The lowest BCUT2D eigenvalue weighted by Crippen LogP contribution is -2.14. The molecular weight excluding hydrogens is 435 g/mol. The number of carbonyl (C=O) groups is 1. The average Bonchev–Trinajstić information content (AvgIpc) is 3.26. The minimum atomic E-state index is -0.476. The van der Waals surface area contributed by atoms with Crippen molar-refractivity contribution in [2.24, 2.45) is 0 Å². The Morgan fingerprint density at radius 3 is 2.47 bits per heavy atom. The van der Waals surface area contributed by atoms with Crippen molar-refractivity contribution in [3.05, 3.63) is 83.5 Å². The lowest BCUT2D eigenvalue weighted by Gasteiger charge is -2.12. The Labute approximate surface area is 188 Å². The smallest absolute Gasteiger partial charge is 0.276 e. The third-order valence-electron chi connectivity index (χ3n) is 4.69. The number of pyridine rings is 1. The second-order valence-corrected chi connectivity index (χ2v) is 7.09. The Morgan fingerprint density at radius 2 is 1.81 bits per heavy atom. The van der Waals surface area contributed by atoms with Crippen LogP contribution in [0.25, 0.3) is 16.9 Å². The molecule has 4 aromatic rings.